The van der Waals surface area contributed by atoms with E-state index in [4.69, 9.17) is 23.2 Å². The van der Waals surface area contributed by atoms with Crippen LogP contribution in [-0.2, 0) is 10.0 Å². The van der Waals surface area contributed by atoms with Crippen molar-refractivity contribution in [2.45, 2.75) is 17.7 Å². The van der Waals surface area contributed by atoms with Gasteiger partial charge in [-0.05, 0) is 23.3 Å². The van der Waals surface area contributed by atoms with E-state index in [1.54, 1.807) is 0 Å². The lowest BCUT2D eigenvalue weighted by Gasteiger charge is -2.04. The maximum absolute atomic E-state index is 11.8. The first kappa shape index (κ1) is 15.0. The highest BCUT2D eigenvalue weighted by atomic mass is 127. The summed E-state index contributed by atoms with van der Waals surface area (Å²) in [6.07, 6.45) is 1.80. The lowest BCUT2D eigenvalue weighted by atomic mass is 10.3. The molecular weight excluding hydrogens is 404 g/mol. The van der Waals surface area contributed by atoms with Crippen molar-refractivity contribution in [3.8, 4) is 0 Å². The van der Waals surface area contributed by atoms with Gasteiger partial charge in [0, 0.05) is 6.54 Å². The Bertz CT molecular complexity index is 447. The number of sulfonamides is 1. The van der Waals surface area contributed by atoms with Crippen LogP contribution in [0.1, 0.15) is 12.8 Å². The summed E-state index contributed by atoms with van der Waals surface area (Å²) in [5.74, 6) is 0. The van der Waals surface area contributed by atoms with E-state index in [2.05, 4.69) is 27.3 Å². The number of alkyl halides is 1. The Morgan fingerprint density at radius 1 is 1.38 bits per heavy atom. The second-order valence-electron chi connectivity index (χ2n) is 2.98. The lowest BCUT2D eigenvalue weighted by Crippen LogP contribution is -2.24. The molecule has 0 spiro atoms. The molecule has 1 rings (SSSR count). The molecule has 0 aliphatic heterocycles. The highest BCUT2D eigenvalue weighted by Crippen LogP contribution is 2.33. The highest BCUT2D eigenvalue weighted by molar-refractivity contribution is 14.1. The first-order chi connectivity index (χ1) is 7.47. The zero-order valence-corrected chi connectivity index (χ0v) is 13.5. The predicted octanol–water partition coefficient (Wildman–Crippen LogP) is 3.55. The molecule has 0 saturated carbocycles. The van der Waals surface area contributed by atoms with E-state index < -0.39 is 10.0 Å². The smallest absolute Gasteiger partial charge is 0.211 e. The number of hydrogen-bond donors (Lipinski definition) is 1. The fourth-order valence-electron chi connectivity index (χ4n) is 1.01. The van der Waals surface area contributed by atoms with Crippen LogP contribution in [-0.4, -0.2) is 19.4 Å². The molecule has 0 radical (unpaired) electrons. The molecule has 0 bridgehead atoms. The van der Waals surface area contributed by atoms with Crippen LogP contribution >= 0.6 is 57.1 Å². The van der Waals surface area contributed by atoms with Gasteiger partial charge in [0.05, 0.1) is 4.34 Å². The number of thiophene rings is 1. The molecule has 0 unspecified atom stereocenters. The summed E-state index contributed by atoms with van der Waals surface area (Å²) >= 11 is 14.8. The third-order valence-electron chi connectivity index (χ3n) is 1.77. The van der Waals surface area contributed by atoms with Crippen LogP contribution in [0.3, 0.4) is 0 Å². The van der Waals surface area contributed by atoms with Crippen LogP contribution in [0, 0.1) is 0 Å². The topological polar surface area (TPSA) is 46.2 Å². The van der Waals surface area contributed by atoms with Gasteiger partial charge in [-0.1, -0.05) is 45.8 Å². The molecule has 0 saturated heterocycles. The van der Waals surface area contributed by atoms with Gasteiger partial charge in [0.1, 0.15) is 9.23 Å². The van der Waals surface area contributed by atoms with Crippen molar-refractivity contribution in [1.82, 2.24) is 4.72 Å². The van der Waals surface area contributed by atoms with Gasteiger partial charge >= 0.3 is 0 Å². The van der Waals surface area contributed by atoms with Gasteiger partial charge in [-0.25, -0.2) is 13.1 Å². The maximum Gasteiger partial charge on any atom is 0.242 e. The Kier molecular flexibility index (Phi) is 6.32. The third-order valence-corrected chi connectivity index (χ3v) is 5.74. The minimum Gasteiger partial charge on any atom is -0.211 e. The molecule has 0 atom stereocenters. The second kappa shape index (κ2) is 6.75. The van der Waals surface area contributed by atoms with Crippen LogP contribution in [0.4, 0.5) is 0 Å². The minimum absolute atomic E-state index is 0.0682. The SMILES string of the molecule is O=S(=O)(NCCCCI)c1cc(Cl)sc1Cl. The van der Waals surface area contributed by atoms with Gasteiger partial charge in [-0.3, -0.25) is 0 Å². The Hall–Kier alpha value is 0.920. The standard InChI is InChI=1S/C8H10Cl2INO2S2/c9-7-5-6(8(10)15-7)16(13,14)12-4-2-1-3-11/h5,12H,1-4H2. The zero-order valence-electron chi connectivity index (χ0n) is 8.17. The lowest BCUT2D eigenvalue weighted by molar-refractivity contribution is 0.579. The molecule has 0 aliphatic carbocycles. The van der Waals surface area contributed by atoms with Crippen molar-refractivity contribution in [3.63, 3.8) is 0 Å². The summed E-state index contributed by atoms with van der Waals surface area (Å²) < 4.78 is 27.6. The molecule has 3 nitrogen and oxygen atoms in total. The molecule has 0 aromatic carbocycles. The summed E-state index contributed by atoms with van der Waals surface area (Å²) in [7, 11) is -3.51. The quantitative estimate of drug-likeness (QED) is 0.440. The van der Waals surface area contributed by atoms with E-state index in [1.165, 1.54) is 6.07 Å². The average Bonchev–Trinajstić information content (AvgIpc) is 2.53. The fraction of sp³-hybridized carbons (Fsp3) is 0.500. The Balaban J connectivity index is 2.67. The maximum atomic E-state index is 11.8. The van der Waals surface area contributed by atoms with Crippen LogP contribution in [0.25, 0.3) is 0 Å². The van der Waals surface area contributed by atoms with Gasteiger partial charge in [0.25, 0.3) is 0 Å². The number of nitrogens with one attached hydrogen (secondary N) is 1. The van der Waals surface area contributed by atoms with Crippen molar-refractivity contribution in [2.24, 2.45) is 0 Å². The van der Waals surface area contributed by atoms with Crippen molar-refractivity contribution >= 4 is 67.2 Å². The van der Waals surface area contributed by atoms with Crippen molar-refractivity contribution in [1.29, 1.82) is 0 Å². The molecule has 0 amide bonds. The van der Waals surface area contributed by atoms with E-state index in [9.17, 15) is 8.42 Å². The largest absolute Gasteiger partial charge is 0.242 e. The van der Waals surface area contributed by atoms with Gasteiger partial charge in [-0.2, -0.15) is 0 Å². The summed E-state index contributed by atoms with van der Waals surface area (Å²) in [6.45, 7) is 0.426. The van der Waals surface area contributed by atoms with Crippen molar-refractivity contribution in [2.75, 3.05) is 11.0 Å². The van der Waals surface area contributed by atoms with Crippen molar-refractivity contribution < 1.29 is 8.42 Å². The summed E-state index contributed by atoms with van der Waals surface area (Å²) in [6, 6.07) is 1.37. The number of unbranched alkanes of at least 4 members (excludes halogenated alkanes) is 1. The van der Waals surface area contributed by atoms with Crippen molar-refractivity contribution in [3.05, 3.63) is 14.7 Å². The molecule has 1 aromatic heterocycles. The number of hydrogen-bond acceptors (Lipinski definition) is 3. The zero-order chi connectivity index (χ0) is 12.2. The molecule has 0 fully saturated rings. The van der Waals surface area contributed by atoms with Crippen LogP contribution < -0.4 is 4.72 Å². The Labute approximate surface area is 123 Å². The summed E-state index contributed by atoms with van der Waals surface area (Å²) in [4.78, 5) is 0.0682. The highest BCUT2D eigenvalue weighted by Gasteiger charge is 2.20. The van der Waals surface area contributed by atoms with Crippen LogP contribution in [0.5, 0.6) is 0 Å². The van der Waals surface area contributed by atoms with E-state index >= 15 is 0 Å². The monoisotopic (exact) mass is 413 g/mol. The van der Waals surface area contributed by atoms with Gasteiger partial charge in [-0.15, -0.1) is 11.3 Å². The van der Waals surface area contributed by atoms with Gasteiger partial charge in [0.2, 0.25) is 10.0 Å². The molecule has 8 heteroatoms. The summed E-state index contributed by atoms with van der Waals surface area (Å²) in [5.41, 5.74) is 0. The molecule has 92 valence electrons. The predicted molar refractivity (Wildman–Crippen MR) is 77.6 cm³/mol. The molecule has 0 aliphatic rings. The minimum atomic E-state index is -3.51. The first-order valence-electron chi connectivity index (χ1n) is 4.48. The molecular formula is C8H10Cl2INO2S2. The Morgan fingerprint density at radius 3 is 2.56 bits per heavy atom. The molecule has 1 heterocycles. The van der Waals surface area contributed by atoms with Crippen LogP contribution in [0.15, 0.2) is 11.0 Å². The van der Waals surface area contributed by atoms with E-state index in [0.717, 1.165) is 28.6 Å². The van der Waals surface area contributed by atoms with Gasteiger partial charge < -0.3 is 0 Å². The first-order valence-corrected chi connectivity index (χ1v) is 9.06. The van der Waals surface area contributed by atoms with Crippen LogP contribution in [0.2, 0.25) is 8.67 Å². The normalized spacial score (nSPS) is 11.9. The second-order valence-corrected chi connectivity index (χ2v) is 8.08. The molecule has 1 aromatic rings. The fourth-order valence-corrected chi connectivity index (χ4v) is 4.77. The number of halogens is 3. The molecule has 1 N–H and O–H groups in total. The molecule has 16 heavy (non-hydrogen) atoms. The summed E-state index contributed by atoms with van der Waals surface area (Å²) in [5, 5.41) is 0. The van der Waals surface area contributed by atoms with Gasteiger partial charge in [0.15, 0.2) is 0 Å². The van der Waals surface area contributed by atoms with E-state index in [1.807, 2.05) is 0 Å². The Morgan fingerprint density at radius 2 is 2.06 bits per heavy atom. The third kappa shape index (κ3) is 4.30. The average molecular weight is 414 g/mol. The number of rotatable bonds is 6. The van der Waals surface area contributed by atoms with E-state index in [0.29, 0.717) is 10.9 Å². The van der Waals surface area contributed by atoms with E-state index in [-0.39, 0.29) is 9.23 Å².